The maximum atomic E-state index is 11.6. The number of fused-ring (bicyclic) bond motifs is 1. The molecule has 1 aliphatic rings. The maximum Gasteiger partial charge on any atom is 0.348 e. The summed E-state index contributed by atoms with van der Waals surface area (Å²) in [6.07, 6.45) is 0. The van der Waals surface area contributed by atoms with Gasteiger partial charge in [-0.1, -0.05) is 6.07 Å². The van der Waals surface area contributed by atoms with Crippen molar-refractivity contribution < 1.29 is 19.0 Å². The lowest BCUT2D eigenvalue weighted by Crippen LogP contribution is -2.16. The van der Waals surface area contributed by atoms with Gasteiger partial charge < -0.3 is 14.2 Å². The van der Waals surface area contributed by atoms with Crippen LogP contribution in [0.3, 0.4) is 0 Å². The molecule has 5 nitrogen and oxygen atoms in total. The topological polar surface area (TPSA) is 48.0 Å². The summed E-state index contributed by atoms with van der Waals surface area (Å²) in [6, 6.07) is 7.82. The van der Waals surface area contributed by atoms with Crippen molar-refractivity contribution >= 4 is 17.3 Å². The van der Waals surface area contributed by atoms with Crippen LogP contribution >= 0.6 is 11.3 Å². The minimum absolute atomic E-state index is 0.257. The molecule has 3 rings (SSSR count). The zero-order valence-corrected chi connectivity index (χ0v) is 14.2. The third-order valence-electron chi connectivity index (χ3n) is 3.93. The number of ether oxygens (including phenoxy) is 3. The van der Waals surface area contributed by atoms with Crippen molar-refractivity contribution in [2.24, 2.45) is 0 Å². The average Bonchev–Trinajstić information content (AvgIpc) is 3.12. The molecule has 23 heavy (non-hydrogen) atoms. The second-order valence-corrected chi connectivity index (χ2v) is 6.51. The van der Waals surface area contributed by atoms with Crippen molar-refractivity contribution in [2.75, 3.05) is 21.3 Å². The minimum atomic E-state index is -0.257. The number of rotatable bonds is 5. The molecule has 1 aromatic carbocycles. The van der Waals surface area contributed by atoms with E-state index in [-0.39, 0.29) is 5.97 Å². The van der Waals surface area contributed by atoms with E-state index in [1.165, 1.54) is 28.9 Å². The van der Waals surface area contributed by atoms with E-state index < -0.39 is 0 Å². The van der Waals surface area contributed by atoms with Crippen LogP contribution in [-0.4, -0.2) is 32.2 Å². The average molecular weight is 333 g/mol. The SMILES string of the molecule is COC(=O)c1cc2c(s1)CN(Cc1ccc(OC)cc1OC)C2. The standard InChI is InChI=1S/C17H19NO4S/c1-20-13-5-4-11(14(7-13)21-2)8-18-9-12-6-15(17(19)22-3)23-16(12)10-18/h4-7H,8-10H2,1-3H3. The number of nitrogens with zero attached hydrogens (tertiary/aromatic N) is 1. The number of carbonyl (C=O) groups is 1. The number of carbonyl (C=O) groups excluding carboxylic acids is 1. The van der Waals surface area contributed by atoms with E-state index >= 15 is 0 Å². The number of esters is 1. The largest absolute Gasteiger partial charge is 0.497 e. The molecule has 0 spiro atoms. The number of hydrogen-bond donors (Lipinski definition) is 0. The summed E-state index contributed by atoms with van der Waals surface area (Å²) in [5.41, 5.74) is 2.33. The number of thiophene rings is 1. The molecular formula is C17H19NO4S. The van der Waals surface area contributed by atoms with Crippen LogP contribution < -0.4 is 9.47 Å². The smallest absolute Gasteiger partial charge is 0.348 e. The first kappa shape index (κ1) is 15.8. The monoisotopic (exact) mass is 333 g/mol. The van der Waals surface area contributed by atoms with Gasteiger partial charge in [0.2, 0.25) is 0 Å². The van der Waals surface area contributed by atoms with Crippen molar-refractivity contribution in [3.05, 3.63) is 45.1 Å². The highest BCUT2D eigenvalue weighted by Gasteiger charge is 2.25. The normalized spacial score (nSPS) is 13.7. The molecule has 1 aliphatic heterocycles. The predicted molar refractivity (Wildman–Crippen MR) is 88.2 cm³/mol. The van der Waals surface area contributed by atoms with Crippen molar-refractivity contribution in [2.45, 2.75) is 19.6 Å². The summed E-state index contributed by atoms with van der Waals surface area (Å²) in [7, 11) is 4.73. The van der Waals surface area contributed by atoms with Crippen LogP contribution in [0.1, 0.15) is 25.7 Å². The number of benzene rings is 1. The Morgan fingerprint density at radius 2 is 2.00 bits per heavy atom. The fourth-order valence-corrected chi connectivity index (χ4v) is 3.91. The molecule has 0 unspecified atom stereocenters. The van der Waals surface area contributed by atoms with Crippen LogP contribution in [0.4, 0.5) is 0 Å². The van der Waals surface area contributed by atoms with Gasteiger partial charge in [-0.3, -0.25) is 4.90 Å². The summed E-state index contributed by atoms with van der Waals surface area (Å²) in [6.45, 7) is 2.46. The van der Waals surface area contributed by atoms with Crippen molar-refractivity contribution in [3.63, 3.8) is 0 Å². The molecule has 0 amide bonds. The summed E-state index contributed by atoms with van der Waals surface area (Å²) in [5.74, 6) is 1.36. The van der Waals surface area contributed by atoms with E-state index in [0.717, 1.165) is 36.7 Å². The molecule has 122 valence electrons. The van der Waals surface area contributed by atoms with Crippen molar-refractivity contribution in [3.8, 4) is 11.5 Å². The Morgan fingerprint density at radius 3 is 2.65 bits per heavy atom. The van der Waals surface area contributed by atoms with Gasteiger partial charge in [0.05, 0.1) is 21.3 Å². The number of hydrogen-bond acceptors (Lipinski definition) is 6. The van der Waals surface area contributed by atoms with Crippen LogP contribution in [0.25, 0.3) is 0 Å². The lowest BCUT2D eigenvalue weighted by Gasteiger charge is -2.17. The van der Waals surface area contributed by atoms with Crippen LogP contribution in [0.15, 0.2) is 24.3 Å². The molecule has 0 fully saturated rings. The van der Waals surface area contributed by atoms with Crippen molar-refractivity contribution in [1.82, 2.24) is 4.90 Å². The van der Waals surface area contributed by atoms with Gasteiger partial charge in [-0.2, -0.15) is 0 Å². The second kappa shape index (κ2) is 6.60. The Balaban J connectivity index is 1.71. The van der Waals surface area contributed by atoms with Crippen LogP contribution in [-0.2, 0) is 24.4 Å². The zero-order chi connectivity index (χ0) is 16.4. The molecule has 0 bridgehead atoms. The zero-order valence-electron chi connectivity index (χ0n) is 13.4. The second-order valence-electron chi connectivity index (χ2n) is 5.37. The van der Waals surface area contributed by atoms with Crippen molar-refractivity contribution in [1.29, 1.82) is 0 Å². The highest BCUT2D eigenvalue weighted by Crippen LogP contribution is 2.34. The molecule has 2 aromatic rings. The Bertz CT molecular complexity index is 702. The van der Waals surface area contributed by atoms with E-state index in [1.54, 1.807) is 14.2 Å². The first-order valence-corrected chi connectivity index (χ1v) is 8.09. The van der Waals surface area contributed by atoms with Crippen LogP contribution in [0.2, 0.25) is 0 Å². The molecule has 1 aromatic heterocycles. The van der Waals surface area contributed by atoms with E-state index in [2.05, 4.69) is 4.90 Å². The third-order valence-corrected chi connectivity index (χ3v) is 5.07. The first-order chi connectivity index (χ1) is 11.1. The Morgan fingerprint density at radius 1 is 1.17 bits per heavy atom. The van der Waals surface area contributed by atoms with E-state index in [9.17, 15) is 4.79 Å². The Kier molecular flexibility index (Phi) is 4.54. The predicted octanol–water partition coefficient (Wildman–Crippen LogP) is 3.07. The molecule has 0 saturated carbocycles. The molecular weight excluding hydrogens is 314 g/mol. The van der Waals surface area contributed by atoms with Crippen LogP contribution in [0, 0.1) is 0 Å². The Hall–Kier alpha value is -2.05. The first-order valence-electron chi connectivity index (χ1n) is 7.27. The fraction of sp³-hybridized carbons (Fsp3) is 0.353. The molecule has 0 N–H and O–H groups in total. The molecule has 2 heterocycles. The fourth-order valence-electron chi connectivity index (χ4n) is 2.77. The highest BCUT2D eigenvalue weighted by atomic mass is 32.1. The van der Waals surface area contributed by atoms with Gasteiger partial charge in [0.1, 0.15) is 16.4 Å². The van der Waals surface area contributed by atoms with E-state index in [4.69, 9.17) is 14.2 Å². The molecule has 0 saturated heterocycles. The van der Waals surface area contributed by atoms with Gasteiger partial charge in [0.25, 0.3) is 0 Å². The van der Waals surface area contributed by atoms with Gasteiger partial charge >= 0.3 is 5.97 Å². The quantitative estimate of drug-likeness (QED) is 0.787. The van der Waals surface area contributed by atoms with Gasteiger partial charge in [0.15, 0.2) is 0 Å². The third kappa shape index (κ3) is 3.18. The Labute approximate surface area is 139 Å². The van der Waals surface area contributed by atoms with Gasteiger partial charge in [-0.25, -0.2) is 4.79 Å². The highest BCUT2D eigenvalue weighted by molar-refractivity contribution is 7.14. The van der Waals surface area contributed by atoms with Gasteiger partial charge in [-0.05, 0) is 17.7 Å². The lowest BCUT2D eigenvalue weighted by molar-refractivity contribution is 0.0606. The van der Waals surface area contributed by atoms with Crippen LogP contribution in [0.5, 0.6) is 11.5 Å². The summed E-state index contributed by atoms with van der Waals surface area (Å²) in [5, 5.41) is 0. The minimum Gasteiger partial charge on any atom is -0.497 e. The summed E-state index contributed by atoms with van der Waals surface area (Å²) < 4.78 is 15.5. The maximum absolute atomic E-state index is 11.6. The molecule has 6 heteroatoms. The summed E-state index contributed by atoms with van der Waals surface area (Å²) in [4.78, 5) is 15.8. The van der Waals surface area contributed by atoms with Gasteiger partial charge in [0, 0.05) is 36.1 Å². The van der Waals surface area contributed by atoms with E-state index in [0.29, 0.717) is 4.88 Å². The summed E-state index contributed by atoms with van der Waals surface area (Å²) >= 11 is 1.52. The molecule has 0 aliphatic carbocycles. The number of methoxy groups -OCH3 is 3. The lowest BCUT2D eigenvalue weighted by atomic mass is 10.1. The molecule has 0 radical (unpaired) electrons. The van der Waals surface area contributed by atoms with Gasteiger partial charge in [-0.15, -0.1) is 11.3 Å². The molecule has 0 atom stereocenters. The van der Waals surface area contributed by atoms with E-state index in [1.807, 2.05) is 24.3 Å².